The Labute approximate surface area is 124 Å². The number of aryl methyl sites for hydroxylation is 1. The van der Waals surface area contributed by atoms with Gasteiger partial charge in [-0.15, -0.1) is 0 Å². The van der Waals surface area contributed by atoms with Gasteiger partial charge in [-0.1, -0.05) is 37.6 Å². The molecular weight excluding hydrogens is 274 g/mol. The van der Waals surface area contributed by atoms with Crippen LogP contribution in [0.3, 0.4) is 0 Å². The highest BCUT2D eigenvalue weighted by Crippen LogP contribution is 2.31. The van der Waals surface area contributed by atoms with E-state index in [1.54, 1.807) is 12.3 Å². The first-order chi connectivity index (χ1) is 9.51. The summed E-state index contributed by atoms with van der Waals surface area (Å²) in [5.74, 6) is 1.54. The summed E-state index contributed by atoms with van der Waals surface area (Å²) in [6.07, 6.45) is 1.56. The third-order valence-electron chi connectivity index (χ3n) is 3.13. The molecule has 106 valence electrons. The second-order valence-electron chi connectivity index (χ2n) is 5.07. The van der Waals surface area contributed by atoms with E-state index in [0.29, 0.717) is 22.4 Å². The summed E-state index contributed by atoms with van der Waals surface area (Å²) < 4.78 is 5.81. The first-order valence-corrected chi connectivity index (χ1v) is 6.92. The number of aliphatic hydroxyl groups is 1. The predicted molar refractivity (Wildman–Crippen MR) is 80.5 cm³/mol. The molecule has 2 rings (SSSR count). The molecule has 0 spiro atoms. The summed E-state index contributed by atoms with van der Waals surface area (Å²) in [5, 5.41) is 9.44. The minimum atomic E-state index is -0.0884. The van der Waals surface area contributed by atoms with Gasteiger partial charge >= 0.3 is 0 Å². The first-order valence-electron chi connectivity index (χ1n) is 6.55. The number of hydrogen-bond acceptors (Lipinski definition) is 3. The van der Waals surface area contributed by atoms with E-state index >= 15 is 0 Å². The third-order valence-corrected chi connectivity index (χ3v) is 3.40. The lowest BCUT2D eigenvalue weighted by molar-refractivity contribution is 0.281. The molecule has 4 heteroatoms. The fourth-order valence-corrected chi connectivity index (χ4v) is 2.04. The molecule has 1 heterocycles. The van der Waals surface area contributed by atoms with Crippen molar-refractivity contribution in [1.82, 2.24) is 4.98 Å². The summed E-state index contributed by atoms with van der Waals surface area (Å²) in [6.45, 7) is 6.16. The Bertz CT molecular complexity index is 611. The number of nitrogens with zero attached hydrogens (tertiary/aromatic N) is 1. The van der Waals surface area contributed by atoms with Gasteiger partial charge in [-0.25, -0.2) is 4.98 Å². The van der Waals surface area contributed by atoms with Gasteiger partial charge in [0.2, 0.25) is 5.88 Å². The number of aromatic nitrogens is 1. The van der Waals surface area contributed by atoms with Crippen molar-refractivity contribution in [3.05, 3.63) is 52.2 Å². The molecule has 0 saturated heterocycles. The van der Waals surface area contributed by atoms with Crippen molar-refractivity contribution in [3.8, 4) is 11.6 Å². The lowest BCUT2D eigenvalue weighted by Crippen LogP contribution is -1.95. The van der Waals surface area contributed by atoms with Gasteiger partial charge in [-0.05, 0) is 41.7 Å². The zero-order chi connectivity index (χ0) is 14.7. The molecule has 2 aromatic rings. The third kappa shape index (κ3) is 3.30. The van der Waals surface area contributed by atoms with Crippen molar-refractivity contribution >= 4 is 11.6 Å². The predicted octanol–water partition coefficient (Wildman–Crippen LogP) is 4.45. The summed E-state index contributed by atoms with van der Waals surface area (Å²) in [7, 11) is 0. The first kappa shape index (κ1) is 14.8. The van der Waals surface area contributed by atoms with Crippen LogP contribution in [0.1, 0.15) is 36.5 Å². The standard InChI is InChI=1S/C16H18ClNO2/c1-10(2)13-5-4-11(3)15(7-13)20-16-14(17)6-12(9-19)8-18-16/h4-8,10,19H,9H2,1-3H3. The van der Waals surface area contributed by atoms with E-state index in [-0.39, 0.29) is 6.61 Å². The average molecular weight is 292 g/mol. The van der Waals surface area contributed by atoms with Gasteiger partial charge in [0.15, 0.2) is 0 Å². The van der Waals surface area contributed by atoms with Crippen molar-refractivity contribution < 1.29 is 9.84 Å². The molecule has 0 radical (unpaired) electrons. The molecule has 0 amide bonds. The van der Waals surface area contributed by atoms with Crippen LogP contribution in [0.4, 0.5) is 0 Å². The van der Waals surface area contributed by atoms with E-state index in [4.69, 9.17) is 21.4 Å². The van der Waals surface area contributed by atoms with E-state index in [1.165, 1.54) is 5.56 Å². The number of ether oxygens (including phenoxy) is 1. The molecule has 0 saturated carbocycles. The quantitative estimate of drug-likeness (QED) is 0.905. The smallest absolute Gasteiger partial charge is 0.238 e. The second kappa shape index (κ2) is 6.25. The van der Waals surface area contributed by atoms with Gasteiger partial charge in [-0.2, -0.15) is 0 Å². The van der Waals surface area contributed by atoms with E-state index in [9.17, 15) is 0 Å². The molecule has 3 nitrogen and oxygen atoms in total. The Kier molecular flexibility index (Phi) is 4.63. The van der Waals surface area contributed by atoms with Crippen LogP contribution >= 0.6 is 11.6 Å². The largest absolute Gasteiger partial charge is 0.437 e. The minimum absolute atomic E-state index is 0.0884. The van der Waals surface area contributed by atoms with Crippen LogP contribution in [-0.4, -0.2) is 10.1 Å². The molecule has 0 aliphatic heterocycles. The molecule has 1 aromatic heterocycles. The van der Waals surface area contributed by atoms with Gasteiger partial charge in [-0.3, -0.25) is 0 Å². The maximum Gasteiger partial charge on any atom is 0.238 e. The van der Waals surface area contributed by atoms with Crippen LogP contribution in [0.15, 0.2) is 30.5 Å². The number of hydrogen-bond donors (Lipinski definition) is 1. The molecule has 0 fully saturated rings. The molecule has 20 heavy (non-hydrogen) atoms. The molecule has 1 N–H and O–H groups in total. The molecular formula is C16H18ClNO2. The van der Waals surface area contributed by atoms with Gasteiger partial charge < -0.3 is 9.84 Å². The Morgan fingerprint density at radius 3 is 2.65 bits per heavy atom. The number of pyridine rings is 1. The van der Waals surface area contributed by atoms with Gasteiger partial charge in [0, 0.05) is 6.20 Å². The van der Waals surface area contributed by atoms with E-state index in [1.807, 2.05) is 19.1 Å². The SMILES string of the molecule is Cc1ccc(C(C)C)cc1Oc1ncc(CO)cc1Cl. The highest BCUT2D eigenvalue weighted by Gasteiger charge is 2.10. The number of halogens is 1. The summed E-state index contributed by atoms with van der Waals surface area (Å²) in [5.41, 5.74) is 2.89. The van der Waals surface area contributed by atoms with Crippen molar-refractivity contribution in [2.24, 2.45) is 0 Å². The van der Waals surface area contributed by atoms with Crippen molar-refractivity contribution in [3.63, 3.8) is 0 Å². The van der Waals surface area contributed by atoms with Gasteiger partial charge in [0.05, 0.1) is 6.61 Å². The lowest BCUT2D eigenvalue weighted by atomic mass is 10.0. The normalized spacial score (nSPS) is 10.9. The van der Waals surface area contributed by atoms with Crippen molar-refractivity contribution in [1.29, 1.82) is 0 Å². The Morgan fingerprint density at radius 2 is 2.05 bits per heavy atom. The molecule has 0 atom stereocenters. The zero-order valence-electron chi connectivity index (χ0n) is 11.9. The summed E-state index contributed by atoms with van der Waals surface area (Å²) in [4.78, 5) is 4.15. The van der Waals surface area contributed by atoms with Crippen LogP contribution in [0.25, 0.3) is 0 Å². The summed E-state index contributed by atoms with van der Waals surface area (Å²) >= 11 is 6.11. The highest BCUT2D eigenvalue weighted by molar-refractivity contribution is 6.31. The average Bonchev–Trinajstić information content (AvgIpc) is 2.42. The van der Waals surface area contributed by atoms with Crippen LogP contribution in [0.2, 0.25) is 5.02 Å². The van der Waals surface area contributed by atoms with Gasteiger partial charge in [0.25, 0.3) is 0 Å². The van der Waals surface area contributed by atoms with Crippen molar-refractivity contribution in [2.45, 2.75) is 33.3 Å². The monoisotopic (exact) mass is 291 g/mol. The molecule has 0 aliphatic carbocycles. The second-order valence-corrected chi connectivity index (χ2v) is 5.48. The molecule has 0 aliphatic rings. The maximum atomic E-state index is 9.04. The van der Waals surface area contributed by atoms with Crippen LogP contribution in [0, 0.1) is 6.92 Å². The summed E-state index contributed by atoms with van der Waals surface area (Å²) in [6, 6.07) is 7.79. The number of rotatable bonds is 4. The lowest BCUT2D eigenvalue weighted by Gasteiger charge is -2.13. The number of benzene rings is 1. The Morgan fingerprint density at radius 1 is 1.30 bits per heavy atom. The van der Waals surface area contributed by atoms with Crippen LogP contribution in [0.5, 0.6) is 11.6 Å². The molecule has 0 unspecified atom stereocenters. The fourth-order valence-electron chi connectivity index (χ4n) is 1.82. The minimum Gasteiger partial charge on any atom is -0.437 e. The van der Waals surface area contributed by atoms with Crippen LogP contribution < -0.4 is 4.74 Å². The Hall–Kier alpha value is -1.58. The molecule has 0 bridgehead atoms. The van der Waals surface area contributed by atoms with Crippen molar-refractivity contribution in [2.75, 3.05) is 0 Å². The van der Waals surface area contributed by atoms with Gasteiger partial charge in [0.1, 0.15) is 10.8 Å². The Balaban J connectivity index is 2.32. The number of aliphatic hydroxyl groups excluding tert-OH is 1. The van der Waals surface area contributed by atoms with E-state index < -0.39 is 0 Å². The van der Waals surface area contributed by atoms with E-state index in [2.05, 4.69) is 24.9 Å². The maximum absolute atomic E-state index is 9.04. The highest BCUT2D eigenvalue weighted by atomic mass is 35.5. The molecule has 1 aromatic carbocycles. The van der Waals surface area contributed by atoms with Crippen LogP contribution in [-0.2, 0) is 6.61 Å². The zero-order valence-corrected chi connectivity index (χ0v) is 12.6. The fraction of sp³-hybridized carbons (Fsp3) is 0.312. The van der Waals surface area contributed by atoms with E-state index in [0.717, 1.165) is 11.3 Å². The topological polar surface area (TPSA) is 42.4 Å².